The molecule has 1 N–H and O–H groups in total. The highest BCUT2D eigenvalue weighted by molar-refractivity contribution is 6.31. The van der Waals surface area contributed by atoms with Crippen LogP contribution < -0.4 is 10.1 Å². The van der Waals surface area contributed by atoms with Gasteiger partial charge < -0.3 is 14.8 Å². The van der Waals surface area contributed by atoms with Crippen molar-refractivity contribution in [1.82, 2.24) is 5.32 Å². The summed E-state index contributed by atoms with van der Waals surface area (Å²) in [5.74, 6) is 0.457. The maximum absolute atomic E-state index is 12.1. The Morgan fingerprint density at radius 2 is 2.04 bits per heavy atom. The van der Waals surface area contributed by atoms with Gasteiger partial charge in [-0.15, -0.1) is 0 Å². The molecule has 0 heterocycles. The first kappa shape index (κ1) is 18.6. The summed E-state index contributed by atoms with van der Waals surface area (Å²) in [4.78, 5) is 24.2. The number of hydrogen-bond acceptors (Lipinski definition) is 4. The lowest BCUT2D eigenvalue weighted by atomic mass is 9.78. The van der Waals surface area contributed by atoms with Gasteiger partial charge in [-0.3, -0.25) is 4.79 Å². The molecule has 6 heteroatoms. The summed E-state index contributed by atoms with van der Waals surface area (Å²) in [6, 6.07) is 4.81. The quantitative estimate of drug-likeness (QED) is 0.823. The van der Waals surface area contributed by atoms with E-state index in [-0.39, 0.29) is 24.1 Å². The maximum Gasteiger partial charge on any atom is 0.342 e. The molecule has 0 saturated heterocycles. The summed E-state index contributed by atoms with van der Waals surface area (Å²) in [5, 5.41) is 3.37. The van der Waals surface area contributed by atoms with Crippen LogP contribution in [0, 0.1) is 11.8 Å². The van der Waals surface area contributed by atoms with E-state index in [0.717, 1.165) is 12.8 Å². The summed E-state index contributed by atoms with van der Waals surface area (Å²) < 4.78 is 10.2. The topological polar surface area (TPSA) is 64.6 Å². The molecule has 1 fully saturated rings. The van der Waals surface area contributed by atoms with Crippen LogP contribution in [0.25, 0.3) is 0 Å². The lowest BCUT2D eigenvalue weighted by Crippen LogP contribution is -2.45. The van der Waals surface area contributed by atoms with Gasteiger partial charge in [0.15, 0.2) is 6.61 Å². The van der Waals surface area contributed by atoms with Crippen molar-refractivity contribution in [1.29, 1.82) is 0 Å². The Kier molecular flexibility index (Phi) is 6.49. The molecule has 3 atom stereocenters. The molecule has 1 saturated carbocycles. The molecule has 2 rings (SSSR count). The second-order valence-corrected chi connectivity index (χ2v) is 6.80. The van der Waals surface area contributed by atoms with Crippen LogP contribution in [0.4, 0.5) is 0 Å². The third kappa shape index (κ3) is 4.63. The van der Waals surface area contributed by atoms with E-state index in [0.29, 0.717) is 22.6 Å². The Morgan fingerprint density at radius 1 is 1.29 bits per heavy atom. The fraction of sp³-hybridized carbons (Fsp3) is 0.556. The van der Waals surface area contributed by atoms with E-state index in [1.807, 2.05) is 0 Å². The molecule has 0 radical (unpaired) electrons. The fourth-order valence-corrected chi connectivity index (χ4v) is 3.25. The summed E-state index contributed by atoms with van der Waals surface area (Å²) >= 11 is 5.90. The van der Waals surface area contributed by atoms with Gasteiger partial charge >= 0.3 is 5.97 Å². The second kappa shape index (κ2) is 8.38. The third-order valence-corrected chi connectivity index (χ3v) is 5.00. The van der Waals surface area contributed by atoms with Crippen molar-refractivity contribution in [3.8, 4) is 5.75 Å². The Labute approximate surface area is 147 Å². The average Bonchev–Trinajstić information content (AvgIpc) is 2.56. The van der Waals surface area contributed by atoms with Crippen LogP contribution in [0.15, 0.2) is 18.2 Å². The lowest BCUT2D eigenvalue weighted by molar-refractivity contribution is -0.125. The maximum atomic E-state index is 12.1. The summed E-state index contributed by atoms with van der Waals surface area (Å²) in [7, 11) is 1.46. The van der Waals surface area contributed by atoms with Crippen LogP contribution in [-0.2, 0) is 9.53 Å². The van der Waals surface area contributed by atoms with Crippen LogP contribution in [0.3, 0.4) is 0 Å². The van der Waals surface area contributed by atoms with E-state index < -0.39 is 5.97 Å². The highest BCUT2D eigenvalue weighted by atomic mass is 35.5. The van der Waals surface area contributed by atoms with Gasteiger partial charge in [-0.2, -0.15) is 0 Å². The van der Waals surface area contributed by atoms with Crippen LogP contribution in [0.1, 0.15) is 43.5 Å². The van der Waals surface area contributed by atoms with Crippen molar-refractivity contribution in [3.05, 3.63) is 28.8 Å². The Morgan fingerprint density at radius 3 is 2.75 bits per heavy atom. The largest absolute Gasteiger partial charge is 0.496 e. The molecule has 1 aromatic carbocycles. The molecular weight excluding hydrogens is 330 g/mol. The van der Waals surface area contributed by atoms with E-state index in [2.05, 4.69) is 19.2 Å². The van der Waals surface area contributed by atoms with Gasteiger partial charge in [0.1, 0.15) is 11.3 Å². The molecule has 1 amide bonds. The normalized spacial score (nSPS) is 23.4. The van der Waals surface area contributed by atoms with Gasteiger partial charge in [-0.05, 0) is 36.5 Å². The summed E-state index contributed by atoms with van der Waals surface area (Å²) in [6.07, 6.45) is 3.26. The van der Waals surface area contributed by atoms with Crippen molar-refractivity contribution in [2.75, 3.05) is 13.7 Å². The first-order chi connectivity index (χ1) is 11.4. The molecule has 0 aliphatic heterocycles. The number of ether oxygens (including phenoxy) is 2. The van der Waals surface area contributed by atoms with Crippen LogP contribution in [0.5, 0.6) is 5.75 Å². The summed E-state index contributed by atoms with van der Waals surface area (Å²) in [6.45, 7) is 4.04. The number of hydrogen-bond donors (Lipinski definition) is 1. The first-order valence-corrected chi connectivity index (χ1v) is 8.60. The van der Waals surface area contributed by atoms with E-state index in [1.165, 1.54) is 19.6 Å². The molecule has 1 aromatic rings. The monoisotopic (exact) mass is 353 g/mol. The standard InChI is InChI=1S/C18H24ClNO4/c1-11-5-4-6-15(12(11)2)20-17(21)10-24-18(22)14-9-13(19)7-8-16(14)23-3/h7-9,11-12,15H,4-6,10H2,1-3H3,(H,20,21)/t11-,12-,15-/m1/s1. The number of carbonyl (C=O) groups excluding carboxylic acids is 2. The average molecular weight is 354 g/mol. The molecule has 1 aliphatic carbocycles. The number of amides is 1. The molecule has 5 nitrogen and oxygen atoms in total. The van der Waals surface area contributed by atoms with E-state index in [9.17, 15) is 9.59 Å². The molecule has 132 valence electrons. The highest BCUT2D eigenvalue weighted by Gasteiger charge is 2.28. The Hall–Kier alpha value is -1.75. The van der Waals surface area contributed by atoms with Crippen molar-refractivity contribution in [2.45, 2.75) is 39.2 Å². The zero-order chi connectivity index (χ0) is 17.7. The molecule has 24 heavy (non-hydrogen) atoms. The lowest BCUT2D eigenvalue weighted by Gasteiger charge is -2.34. The first-order valence-electron chi connectivity index (χ1n) is 8.22. The van der Waals surface area contributed by atoms with Crippen LogP contribution in [0.2, 0.25) is 5.02 Å². The van der Waals surface area contributed by atoms with Crippen molar-refractivity contribution >= 4 is 23.5 Å². The van der Waals surface area contributed by atoms with Gasteiger partial charge in [0.25, 0.3) is 5.91 Å². The number of rotatable bonds is 5. The third-order valence-electron chi connectivity index (χ3n) is 4.77. The number of methoxy groups -OCH3 is 1. The van der Waals surface area contributed by atoms with Crippen molar-refractivity contribution in [3.63, 3.8) is 0 Å². The summed E-state index contributed by atoms with van der Waals surface area (Å²) in [5.41, 5.74) is 0.206. The number of esters is 1. The number of halogens is 1. The van der Waals surface area contributed by atoms with Gasteiger partial charge in [-0.25, -0.2) is 4.79 Å². The Balaban J connectivity index is 1.89. The van der Waals surface area contributed by atoms with Crippen LogP contribution in [-0.4, -0.2) is 31.6 Å². The zero-order valence-electron chi connectivity index (χ0n) is 14.3. The van der Waals surface area contributed by atoms with Crippen molar-refractivity contribution < 1.29 is 19.1 Å². The minimum absolute atomic E-state index is 0.139. The number of benzene rings is 1. The molecule has 1 aliphatic rings. The van der Waals surface area contributed by atoms with E-state index in [4.69, 9.17) is 21.1 Å². The molecule has 0 spiro atoms. The van der Waals surface area contributed by atoms with Gasteiger partial charge in [-0.1, -0.05) is 38.3 Å². The molecule has 0 bridgehead atoms. The SMILES string of the molecule is COc1ccc(Cl)cc1C(=O)OCC(=O)N[C@@H]1CCC[C@@H](C)[C@H]1C. The predicted octanol–water partition coefficient (Wildman–Crippen LogP) is 3.45. The minimum atomic E-state index is -0.630. The van der Waals surface area contributed by atoms with Gasteiger partial charge in [0.05, 0.1) is 7.11 Å². The number of nitrogens with one attached hydrogen (secondary N) is 1. The second-order valence-electron chi connectivity index (χ2n) is 6.36. The molecular formula is C18H24ClNO4. The van der Waals surface area contributed by atoms with Gasteiger partial charge in [0, 0.05) is 11.1 Å². The van der Waals surface area contributed by atoms with Crippen LogP contribution >= 0.6 is 11.6 Å². The van der Waals surface area contributed by atoms with E-state index in [1.54, 1.807) is 12.1 Å². The van der Waals surface area contributed by atoms with E-state index >= 15 is 0 Å². The Bertz CT molecular complexity index is 605. The minimum Gasteiger partial charge on any atom is -0.496 e. The highest BCUT2D eigenvalue weighted by Crippen LogP contribution is 2.29. The predicted molar refractivity (Wildman–Crippen MR) is 92.4 cm³/mol. The van der Waals surface area contributed by atoms with Crippen molar-refractivity contribution in [2.24, 2.45) is 11.8 Å². The molecule has 0 aromatic heterocycles. The number of carbonyl (C=O) groups is 2. The smallest absolute Gasteiger partial charge is 0.342 e. The van der Waals surface area contributed by atoms with Gasteiger partial charge in [0.2, 0.25) is 0 Å². The zero-order valence-corrected chi connectivity index (χ0v) is 15.1. The fourth-order valence-electron chi connectivity index (χ4n) is 3.08. The molecule has 0 unspecified atom stereocenters.